The minimum Gasteiger partial charge on any atom is -0.304 e. The molecule has 2 rings (SSSR count). The average molecular weight is 271 g/mol. The van der Waals surface area contributed by atoms with Gasteiger partial charge in [-0.3, -0.25) is 4.68 Å². The second-order valence-electron chi connectivity index (χ2n) is 5.05. The molecule has 20 heavy (non-hydrogen) atoms. The van der Waals surface area contributed by atoms with Gasteiger partial charge in [0.2, 0.25) is 0 Å². The second-order valence-corrected chi connectivity index (χ2v) is 5.05. The number of rotatable bonds is 7. The highest BCUT2D eigenvalue weighted by atomic mass is 15.3. The van der Waals surface area contributed by atoms with Crippen LogP contribution in [0.4, 0.5) is 0 Å². The van der Waals surface area contributed by atoms with E-state index in [1.807, 2.05) is 0 Å². The maximum atomic E-state index is 4.60. The molecule has 3 heteroatoms. The molecule has 2 aromatic rings. The van der Waals surface area contributed by atoms with Gasteiger partial charge in [0.1, 0.15) is 0 Å². The first-order valence-corrected chi connectivity index (χ1v) is 7.62. The van der Waals surface area contributed by atoms with Crippen LogP contribution >= 0.6 is 0 Å². The summed E-state index contributed by atoms with van der Waals surface area (Å²) in [5.41, 5.74) is 3.81. The van der Waals surface area contributed by atoms with E-state index < -0.39 is 0 Å². The van der Waals surface area contributed by atoms with Gasteiger partial charge < -0.3 is 5.32 Å². The largest absolute Gasteiger partial charge is 0.304 e. The Bertz CT molecular complexity index is 516. The fourth-order valence-corrected chi connectivity index (χ4v) is 2.51. The lowest BCUT2D eigenvalue weighted by atomic mass is 10.0. The van der Waals surface area contributed by atoms with E-state index in [1.54, 1.807) is 0 Å². The normalized spacial score (nSPS) is 12.6. The van der Waals surface area contributed by atoms with Crippen LogP contribution in [0.3, 0.4) is 0 Å². The van der Waals surface area contributed by atoms with Crippen LogP contribution in [0.15, 0.2) is 36.4 Å². The Kier molecular flexibility index (Phi) is 5.36. The van der Waals surface area contributed by atoms with E-state index in [0.29, 0.717) is 6.04 Å². The van der Waals surface area contributed by atoms with Crippen LogP contribution in [-0.4, -0.2) is 9.78 Å². The van der Waals surface area contributed by atoms with Crippen molar-refractivity contribution in [2.24, 2.45) is 0 Å². The van der Waals surface area contributed by atoms with Gasteiger partial charge in [-0.15, -0.1) is 0 Å². The third kappa shape index (κ3) is 3.48. The van der Waals surface area contributed by atoms with Crippen LogP contribution in [0.25, 0.3) is 0 Å². The zero-order valence-corrected chi connectivity index (χ0v) is 12.8. The molecule has 1 unspecified atom stereocenters. The van der Waals surface area contributed by atoms with Gasteiger partial charge in [0.25, 0.3) is 0 Å². The Labute approximate surface area is 122 Å². The first-order valence-electron chi connectivity index (χ1n) is 7.62. The molecular weight excluding hydrogens is 246 g/mol. The Morgan fingerprint density at radius 1 is 1.15 bits per heavy atom. The summed E-state index contributed by atoms with van der Waals surface area (Å²) in [5.74, 6) is 0. The summed E-state index contributed by atoms with van der Waals surface area (Å²) >= 11 is 0. The fourth-order valence-electron chi connectivity index (χ4n) is 2.51. The molecule has 0 bridgehead atoms. The molecule has 0 radical (unpaired) electrons. The van der Waals surface area contributed by atoms with Gasteiger partial charge >= 0.3 is 0 Å². The number of hydrogen-bond donors (Lipinski definition) is 1. The maximum absolute atomic E-state index is 4.60. The van der Waals surface area contributed by atoms with Crippen molar-refractivity contribution < 1.29 is 0 Å². The number of nitrogens with zero attached hydrogens (tertiary/aromatic N) is 2. The van der Waals surface area contributed by atoms with Crippen LogP contribution in [0.2, 0.25) is 0 Å². The zero-order valence-electron chi connectivity index (χ0n) is 12.8. The molecule has 0 aliphatic carbocycles. The lowest BCUT2D eigenvalue weighted by Gasteiger charge is -2.17. The lowest BCUT2D eigenvalue weighted by Crippen LogP contribution is -2.22. The van der Waals surface area contributed by atoms with E-state index in [-0.39, 0.29) is 0 Å². The van der Waals surface area contributed by atoms with Crippen molar-refractivity contribution in [3.63, 3.8) is 0 Å². The zero-order chi connectivity index (χ0) is 14.4. The highest BCUT2D eigenvalue weighted by Crippen LogP contribution is 2.17. The van der Waals surface area contributed by atoms with E-state index >= 15 is 0 Å². The van der Waals surface area contributed by atoms with Crippen molar-refractivity contribution >= 4 is 0 Å². The fraction of sp³-hybridized carbons (Fsp3) is 0.471. The Morgan fingerprint density at radius 2 is 1.90 bits per heavy atom. The molecular formula is C17H25N3. The monoisotopic (exact) mass is 271 g/mol. The van der Waals surface area contributed by atoms with Gasteiger partial charge in [-0.2, -0.15) is 5.10 Å². The molecule has 0 aliphatic heterocycles. The van der Waals surface area contributed by atoms with Crippen molar-refractivity contribution in [2.45, 2.75) is 52.7 Å². The summed E-state index contributed by atoms with van der Waals surface area (Å²) in [6, 6.07) is 13.3. The topological polar surface area (TPSA) is 29.9 Å². The minimum atomic E-state index is 0.404. The van der Waals surface area contributed by atoms with Crippen molar-refractivity contribution in [2.75, 3.05) is 0 Å². The predicted molar refractivity (Wildman–Crippen MR) is 83.6 cm³/mol. The van der Waals surface area contributed by atoms with E-state index in [9.17, 15) is 0 Å². The van der Waals surface area contributed by atoms with Crippen LogP contribution in [0, 0.1) is 0 Å². The van der Waals surface area contributed by atoms with E-state index in [2.05, 4.69) is 72.3 Å². The van der Waals surface area contributed by atoms with E-state index in [1.165, 1.54) is 17.0 Å². The number of benzene rings is 1. The third-order valence-corrected chi connectivity index (χ3v) is 3.72. The number of nitrogens with one attached hydrogen (secondary N) is 1. The molecule has 0 fully saturated rings. The molecule has 0 amide bonds. The molecule has 0 aliphatic rings. The smallest absolute Gasteiger partial charge is 0.0625 e. The molecule has 0 saturated carbocycles. The molecule has 1 aromatic heterocycles. The lowest BCUT2D eigenvalue weighted by molar-refractivity contribution is 0.494. The summed E-state index contributed by atoms with van der Waals surface area (Å²) in [4.78, 5) is 0. The molecule has 1 atom stereocenters. The summed E-state index contributed by atoms with van der Waals surface area (Å²) in [5, 5.41) is 8.25. The van der Waals surface area contributed by atoms with Crippen molar-refractivity contribution in [1.82, 2.24) is 15.1 Å². The highest BCUT2D eigenvalue weighted by Gasteiger charge is 2.10. The Morgan fingerprint density at radius 3 is 2.50 bits per heavy atom. The first kappa shape index (κ1) is 14.8. The molecule has 108 valence electrons. The molecule has 1 heterocycles. The van der Waals surface area contributed by atoms with Gasteiger partial charge in [0.15, 0.2) is 0 Å². The van der Waals surface area contributed by atoms with Gasteiger partial charge in [0, 0.05) is 19.1 Å². The molecule has 1 aromatic carbocycles. The summed E-state index contributed by atoms with van der Waals surface area (Å²) in [7, 11) is 0. The third-order valence-electron chi connectivity index (χ3n) is 3.72. The number of hydrogen-bond acceptors (Lipinski definition) is 2. The van der Waals surface area contributed by atoms with Crippen molar-refractivity contribution in [3.05, 3.63) is 53.3 Å². The number of aryl methyl sites for hydroxylation is 2. The SMILES string of the molecule is CCc1cc(CNC(CC)c2ccccc2)n(CC)n1. The molecule has 3 nitrogen and oxygen atoms in total. The standard InChI is InChI=1S/C17H25N3/c1-4-15-12-16(20(6-3)19-15)13-18-17(5-2)14-10-8-7-9-11-14/h7-12,17-18H,4-6,13H2,1-3H3. The Hall–Kier alpha value is -1.61. The average Bonchev–Trinajstić information content (AvgIpc) is 2.91. The molecule has 1 N–H and O–H groups in total. The van der Waals surface area contributed by atoms with Crippen LogP contribution in [0.5, 0.6) is 0 Å². The highest BCUT2D eigenvalue weighted by molar-refractivity contribution is 5.19. The summed E-state index contributed by atoms with van der Waals surface area (Å²) < 4.78 is 2.10. The van der Waals surface area contributed by atoms with Gasteiger partial charge in [-0.05, 0) is 31.4 Å². The maximum Gasteiger partial charge on any atom is 0.0625 e. The van der Waals surface area contributed by atoms with Crippen LogP contribution in [0.1, 0.15) is 50.2 Å². The molecule has 0 spiro atoms. The predicted octanol–water partition coefficient (Wildman–Crippen LogP) is 3.71. The second kappa shape index (κ2) is 7.25. The van der Waals surface area contributed by atoms with Gasteiger partial charge in [0.05, 0.1) is 11.4 Å². The van der Waals surface area contributed by atoms with Crippen LogP contribution < -0.4 is 5.32 Å². The number of aromatic nitrogens is 2. The first-order chi connectivity index (χ1) is 9.78. The van der Waals surface area contributed by atoms with Crippen LogP contribution in [-0.2, 0) is 19.5 Å². The van der Waals surface area contributed by atoms with E-state index in [4.69, 9.17) is 0 Å². The quantitative estimate of drug-likeness (QED) is 0.832. The molecule has 0 saturated heterocycles. The van der Waals surface area contributed by atoms with Gasteiger partial charge in [-0.25, -0.2) is 0 Å². The summed E-state index contributed by atoms with van der Waals surface area (Å²) in [6.07, 6.45) is 2.08. The van der Waals surface area contributed by atoms with Gasteiger partial charge in [-0.1, -0.05) is 44.2 Å². The Balaban J connectivity index is 2.05. The van der Waals surface area contributed by atoms with Crippen molar-refractivity contribution in [3.8, 4) is 0 Å². The van der Waals surface area contributed by atoms with E-state index in [0.717, 1.165) is 25.9 Å². The summed E-state index contributed by atoms with van der Waals surface area (Å²) in [6.45, 7) is 8.31. The van der Waals surface area contributed by atoms with Crippen molar-refractivity contribution in [1.29, 1.82) is 0 Å². The minimum absolute atomic E-state index is 0.404.